The molecule has 1 aromatic heterocycles. The van der Waals surface area contributed by atoms with Gasteiger partial charge in [-0.3, -0.25) is 14.8 Å². The summed E-state index contributed by atoms with van der Waals surface area (Å²) in [6.07, 6.45) is 9.10. The third-order valence-corrected chi connectivity index (χ3v) is 4.10. The molecule has 1 unspecified atom stereocenters. The van der Waals surface area contributed by atoms with Crippen molar-refractivity contribution < 1.29 is 9.53 Å². The van der Waals surface area contributed by atoms with Gasteiger partial charge < -0.3 is 9.64 Å². The molecule has 0 saturated carbocycles. The second kappa shape index (κ2) is 6.79. The highest BCUT2D eigenvalue weighted by atomic mass is 16.5. The molecule has 1 aromatic rings. The summed E-state index contributed by atoms with van der Waals surface area (Å²) in [5, 5.41) is 0. The number of hydrogen-bond donors (Lipinski definition) is 0. The molecular formula is C15H23N3O2. The second-order valence-electron chi connectivity index (χ2n) is 5.59. The molecule has 0 aliphatic carbocycles. The molecule has 1 aliphatic heterocycles. The third kappa shape index (κ3) is 4.00. The third-order valence-electron chi connectivity index (χ3n) is 4.10. The quantitative estimate of drug-likeness (QED) is 0.842. The summed E-state index contributed by atoms with van der Waals surface area (Å²) < 4.78 is 5.56. The summed E-state index contributed by atoms with van der Waals surface area (Å²) in [7, 11) is 1.76. The summed E-state index contributed by atoms with van der Waals surface area (Å²) in [5.74, 6) is 0.205. The lowest BCUT2D eigenvalue weighted by molar-refractivity contribution is -0.131. The number of ether oxygens (including phenoxy) is 1. The van der Waals surface area contributed by atoms with Crippen molar-refractivity contribution in [3.63, 3.8) is 0 Å². The first-order chi connectivity index (χ1) is 9.63. The van der Waals surface area contributed by atoms with Crippen LogP contribution in [0.1, 0.15) is 38.3 Å². The molecule has 1 atom stereocenters. The summed E-state index contributed by atoms with van der Waals surface area (Å²) >= 11 is 0. The van der Waals surface area contributed by atoms with Gasteiger partial charge in [-0.2, -0.15) is 0 Å². The monoisotopic (exact) mass is 277 g/mol. The van der Waals surface area contributed by atoms with Crippen molar-refractivity contribution in [2.45, 2.75) is 44.6 Å². The highest BCUT2D eigenvalue weighted by Crippen LogP contribution is 2.25. The molecule has 2 rings (SSSR count). The Balaban J connectivity index is 1.84. The first-order valence-corrected chi connectivity index (χ1v) is 7.21. The van der Waals surface area contributed by atoms with Crippen LogP contribution in [0.3, 0.4) is 0 Å². The van der Waals surface area contributed by atoms with Crippen molar-refractivity contribution in [1.29, 1.82) is 0 Å². The molecule has 5 heteroatoms. The Kier molecular flexibility index (Phi) is 5.06. The van der Waals surface area contributed by atoms with Crippen molar-refractivity contribution in [2.24, 2.45) is 0 Å². The fourth-order valence-corrected chi connectivity index (χ4v) is 2.56. The van der Waals surface area contributed by atoms with Crippen LogP contribution >= 0.6 is 0 Å². The minimum atomic E-state index is -0.0834. The van der Waals surface area contributed by atoms with Crippen LogP contribution in [-0.2, 0) is 16.0 Å². The van der Waals surface area contributed by atoms with Gasteiger partial charge >= 0.3 is 0 Å². The standard InChI is InChI=1S/C15H23N3O2/c1-15(20-2)6-3-10-18(11-7-15)14(19)5-4-13-12-16-8-9-17-13/h8-9,12H,3-7,10-11H2,1-2H3. The minimum Gasteiger partial charge on any atom is -0.378 e. The van der Waals surface area contributed by atoms with Crippen LogP contribution in [0.15, 0.2) is 18.6 Å². The van der Waals surface area contributed by atoms with Crippen LogP contribution < -0.4 is 0 Å². The van der Waals surface area contributed by atoms with Gasteiger partial charge in [-0.05, 0) is 32.6 Å². The van der Waals surface area contributed by atoms with Gasteiger partial charge in [-0.25, -0.2) is 0 Å². The number of aryl methyl sites for hydroxylation is 1. The normalized spacial score (nSPS) is 23.4. The molecule has 0 bridgehead atoms. The van der Waals surface area contributed by atoms with E-state index in [2.05, 4.69) is 16.9 Å². The zero-order chi connectivity index (χ0) is 14.4. The Labute approximate surface area is 120 Å². The summed E-state index contributed by atoms with van der Waals surface area (Å²) in [6, 6.07) is 0. The predicted molar refractivity (Wildman–Crippen MR) is 76.2 cm³/mol. The molecule has 1 aliphatic rings. The van der Waals surface area contributed by atoms with E-state index in [4.69, 9.17) is 4.74 Å². The molecule has 1 amide bonds. The number of rotatable bonds is 4. The summed E-state index contributed by atoms with van der Waals surface area (Å²) in [4.78, 5) is 22.4. The first kappa shape index (κ1) is 14.9. The molecular weight excluding hydrogens is 254 g/mol. The van der Waals surface area contributed by atoms with Gasteiger partial charge in [-0.1, -0.05) is 0 Å². The Morgan fingerprint density at radius 3 is 2.95 bits per heavy atom. The van der Waals surface area contributed by atoms with E-state index in [1.807, 2.05) is 4.90 Å². The zero-order valence-electron chi connectivity index (χ0n) is 12.3. The fourth-order valence-electron chi connectivity index (χ4n) is 2.56. The average Bonchev–Trinajstić information content (AvgIpc) is 2.69. The number of nitrogens with zero attached hydrogens (tertiary/aromatic N) is 3. The van der Waals surface area contributed by atoms with Gasteiger partial charge in [0.1, 0.15) is 0 Å². The summed E-state index contributed by atoms with van der Waals surface area (Å²) in [6.45, 7) is 3.74. The molecule has 2 heterocycles. The van der Waals surface area contributed by atoms with Crippen LogP contribution in [0.5, 0.6) is 0 Å². The van der Waals surface area contributed by atoms with Crippen LogP contribution in [0, 0.1) is 0 Å². The molecule has 20 heavy (non-hydrogen) atoms. The smallest absolute Gasteiger partial charge is 0.222 e. The van der Waals surface area contributed by atoms with Gasteiger partial charge in [0.2, 0.25) is 5.91 Å². The summed E-state index contributed by atoms with van der Waals surface area (Å²) in [5.41, 5.74) is 0.789. The SMILES string of the molecule is COC1(C)CCCN(C(=O)CCc2cnccn2)CC1. The fraction of sp³-hybridized carbons (Fsp3) is 0.667. The van der Waals surface area contributed by atoms with Crippen molar-refractivity contribution >= 4 is 5.91 Å². The number of likely N-dealkylation sites (tertiary alicyclic amines) is 1. The number of amides is 1. The topological polar surface area (TPSA) is 55.3 Å². The van der Waals surface area contributed by atoms with Gasteiger partial charge in [-0.15, -0.1) is 0 Å². The minimum absolute atomic E-state index is 0.0834. The number of carbonyl (C=O) groups excluding carboxylic acids is 1. The van der Waals surface area contributed by atoms with Crippen molar-refractivity contribution in [3.8, 4) is 0 Å². The van der Waals surface area contributed by atoms with Crippen molar-refractivity contribution in [2.75, 3.05) is 20.2 Å². The predicted octanol–water partition coefficient (Wildman–Crippen LogP) is 1.83. The van der Waals surface area contributed by atoms with Crippen LogP contribution in [-0.4, -0.2) is 46.6 Å². The van der Waals surface area contributed by atoms with E-state index in [0.717, 1.165) is 38.0 Å². The maximum absolute atomic E-state index is 12.3. The molecule has 1 saturated heterocycles. The Morgan fingerprint density at radius 2 is 2.25 bits per heavy atom. The highest BCUT2D eigenvalue weighted by Gasteiger charge is 2.28. The molecule has 5 nitrogen and oxygen atoms in total. The number of aromatic nitrogens is 2. The van der Waals surface area contributed by atoms with Crippen LogP contribution in [0.25, 0.3) is 0 Å². The zero-order valence-corrected chi connectivity index (χ0v) is 12.3. The van der Waals surface area contributed by atoms with Crippen LogP contribution in [0.2, 0.25) is 0 Å². The van der Waals surface area contributed by atoms with Gasteiger partial charge in [0.25, 0.3) is 0 Å². The lowest BCUT2D eigenvalue weighted by Crippen LogP contribution is -2.34. The molecule has 0 spiro atoms. The molecule has 0 aromatic carbocycles. The van der Waals surface area contributed by atoms with E-state index >= 15 is 0 Å². The van der Waals surface area contributed by atoms with E-state index in [1.165, 1.54) is 0 Å². The lowest BCUT2D eigenvalue weighted by atomic mass is 9.97. The lowest BCUT2D eigenvalue weighted by Gasteiger charge is -2.26. The Bertz CT molecular complexity index is 438. The second-order valence-corrected chi connectivity index (χ2v) is 5.59. The van der Waals surface area contributed by atoms with E-state index in [-0.39, 0.29) is 11.5 Å². The maximum atomic E-state index is 12.3. The van der Waals surface area contributed by atoms with Crippen LogP contribution in [0.4, 0.5) is 0 Å². The molecule has 0 N–H and O–H groups in total. The highest BCUT2D eigenvalue weighted by molar-refractivity contribution is 5.76. The van der Waals surface area contributed by atoms with E-state index < -0.39 is 0 Å². The molecule has 1 fully saturated rings. The molecule has 0 radical (unpaired) electrons. The largest absolute Gasteiger partial charge is 0.378 e. The average molecular weight is 277 g/mol. The number of hydrogen-bond acceptors (Lipinski definition) is 4. The molecule has 110 valence electrons. The Hall–Kier alpha value is -1.49. The van der Waals surface area contributed by atoms with E-state index in [9.17, 15) is 4.79 Å². The Morgan fingerprint density at radius 1 is 1.40 bits per heavy atom. The van der Waals surface area contributed by atoms with E-state index in [1.54, 1.807) is 25.7 Å². The van der Waals surface area contributed by atoms with Crippen molar-refractivity contribution in [3.05, 3.63) is 24.3 Å². The van der Waals surface area contributed by atoms with E-state index in [0.29, 0.717) is 12.8 Å². The number of methoxy groups -OCH3 is 1. The van der Waals surface area contributed by atoms with Gasteiger partial charge in [0.05, 0.1) is 11.3 Å². The van der Waals surface area contributed by atoms with Gasteiger partial charge in [0.15, 0.2) is 0 Å². The first-order valence-electron chi connectivity index (χ1n) is 7.21. The van der Waals surface area contributed by atoms with Gasteiger partial charge in [0, 0.05) is 45.2 Å². The number of carbonyl (C=O) groups is 1. The van der Waals surface area contributed by atoms with Crippen molar-refractivity contribution in [1.82, 2.24) is 14.9 Å². The maximum Gasteiger partial charge on any atom is 0.222 e.